The molecular formula is C9H8BrF3O. The molecule has 0 heterocycles. The molecule has 0 saturated heterocycles. The van der Waals surface area contributed by atoms with Crippen LogP contribution in [0.3, 0.4) is 0 Å². The Morgan fingerprint density at radius 2 is 1.93 bits per heavy atom. The van der Waals surface area contributed by atoms with Gasteiger partial charge in [-0.1, -0.05) is 22.0 Å². The predicted molar refractivity (Wildman–Crippen MR) is 49.9 cm³/mol. The van der Waals surface area contributed by atoms with Crippen molar-refractivity contribution < 1.29 is 18.3 Å². The highest BCUT2D eigenvalue weighted by Crippen LogP contribution is 2.34. The van der Waals surface area contributed by atoms with Gasteiger partial charge in [-0.05, 0) is 30.2 Å². The van der Waals surface area contributed by atoms with Crippen LogP contribution in [0.15, 0.2) is 22.7 Å². The highest BCUT2D eigenvalue weighted by atomic mass is 79.9. The quantitative estimate of drug-likeness (QED) is 0.828. The summed E-state index contributed by atoms with van der Waals surface area (Å²) in [4.78, 5) is 0. The molecule has 5 heteroatoms. The van der Waals surface area contributed by atoms with Crippen molar-refractivity contribution in [1.82, 2.24) is 0 Å². The molecule has 0 amide bonds. The molecule has 0 aliphatic carbocycles. The van der Waals surface area contributed by atoms with E-state index in [1.165, 1.54) is 19.1 Å². The van der Waals surface area contributed by atoms with E-state index in [0.717, 1.165) is 0 Å². The number of rotatable bonds is 1. The molecular weight excluding hydrogens is 261 g/mol. The topological polar surface area (TPSA) is 20.2 Å². The molecule has 0 fully saturated rings. The number of aryl methyl sites for hydroxylation is 1. The summed E-state index contributed by atoms with van der Waals surface area (Å²) in [5.74, 6) is 0. The van der Waals surface area contributed by atoms with E-state index in [4.69, 9.17) is 5.11 Å². The van der Waals surface area contributed by atoms with Gasteiger partial charge in [0.05, 0.1) is 0 Å². The average Bonchev–Trinajstić information content (AvgIpc) is 2.06. The molecule has 0 radical (unpaired) electrons. The smallest absolute Gasteiger partial charge is 0.379 e. The fourth-order valence-corrected chi connectivity index (χ4v) is 1.46. The molecule has 0 bridgehead atoms. The maximum atomic E-state index is 12.2. The molecule has 1 nitrogen and oxygen atoms in total. The molecule has 78 valence electrons. The molecule has 1 N–H and O–H groups in total. The van der Waals surface area contributed by atoms with Crippen molar-refractivity contribution in [2.75, 3.05) is 0 Å². The first-order chi connectivity index (χ1) is 6.32. The Kier molecular flexibility index (Phi) is 3.21. The van der Waals surface area contributed by atoms with Crippen LogP contribution in [-0.4, -0.2) is 11.3 Å². The summed E-state index contributed by atoms with van der Waals surface area (Å²) >= 11 is 3.05. The molecule has 1 aromatic carbocycles. The summed E-state index contributed by atoms with van der Waals surface area (Å²) in [6, 6.07) is 4.42. The molecule has 1 atom stereocenters. The van der Waals surface area contributed by atoms with E-state index in [0.29, 0.717) is 10.0 Å². The van der Waals surface area contributed by atoms with E-state index in [1.807, 2.05) is 0 Å². The molecule has 14 heavy (non-hydrogen) atoms. The maximum absolute atomic E-state index is 12.2. The summed E-state index contributed by atoms with van der Waals surface area (Å²) in [5.41, 5.74) is 0.296. The van der Waals surface area contributed by atoms with Crippen LogP contribution in [0.2, 0.25) is 0 Å². The Labute approximate surface area is 87.7 Å². The SMILES string of the molecule is Cc1ccc(Br)cc1[C@@H](O)C(F)(F)F. The monoisotopic (exact) mass is 268 g/mol. The van der Waals surface area contributed by atoms with Gasteiger partial charge in [0.1, 0.15) is 0 Å². The summed E-state index contributed by atoms with van der Waals surface area (Å²) in [6.07, 6.45) is -7.04. The standard InChI is InChI=1S/C9H8BrF3O/c1-5-2-3-6(10)4-7(5)8(14)9(11,12)13/h2-4,8,14H,1H3/t8-/m1/s1. The van der Waals surface area contributed by atoms with Crippen LogP contribution < -0.4 is 0 Å². The molecule has 0 aromatic heterocycles. The van der Waals surface area contributed by atoms with Crippen molar-refractivity contribution in [2.24, 2.45) is 0 Å². The zero-order chi connectivity index (χ0) is 10.9. The fourth-order valence-electron chi connectivity index (χ4n) is 1.08. The lowest BCUT2D eigenvalue weighted by molar-refractivity contribution is -0.207. The van der Waals surface area contributed by atoms with Gasteiger partial charge < -0.3 is 5.11 Å². The van der Waals surface area contributed by atoms with Gasteiger partial charge in [-0.3, -0.25) is 0 Å². The summed E-state index contributed by atoms with van der Waals surface area (Å²) in [5, 5.41) is 9.02. The van der Waals surface area contributed by atoms with E-state index >= 15 is 0 Å². The predicted octanol–water partition coefficient (Wildman–Crippen LogP) is 3.35. The second-order valence-electron chi connectivity index (χ2n) is 2.95. The third-order valence-electron chi connectivity index (χ3n) is 1.85. The Morgan fingerprint density at radius 1 is 1.36 bits per heavy atom. The van der Waals surface area contributed by atoms with Gasteiger partial charge >= 0.3 is 6.18 Å². The summed E-state index contributed by atoms with van der Waals surface area (Å²) < 4.78 is 37.1. The second-order valence-corrected chi connectivity index (χ2v) is 3.86. The van der Waals surface area contributed by atoms with Crippen molar-refractivity contribution in [3.63, 3.8) is 0 Å². The Hall–Kier alpha value is -0.550. The van der Waals surface area contributed by atoms with Crippen LogP contribution in [0.1, 0.15) is 17.2 Å². The first-order valence-electron chi connectivity index (χ1n) is 3.83. The summed E-state index contributed by atoms with van der Waals surface area (Å²) in [7, 11) is 0. The van der Waals surface area contributed by atoms with Crippen molar-refractivity contribution in [1.29, 1.82) is 0 Å². The minimum absolute atomic E-state index is 0.119. The van der Waals surface area contributed by atoms with Gasteiger partial charge in [-0.15, -0.1) is 0 Å². The van der Waals surface area contributed by atoms with Crippen molar-refractivity contribution in [3.8, 4) is 0 Å². The number of aliphatic hydroxyl groups excluding tert-OH is 1. The van der Waals surface area contributed by atoms with Crippen LogP contribution in [0, 0.1) is 6.92 Å². The first-order valence-corrected chi connectivity index (χ1v) is 4.62. The van der Waals surface area contributed by atoms with E-state index < -0.39 is 12.3 Å². The summed E-state index contributed by atoms with van der Waals surface area (Å²) in [6.45, 7) is 1.52. The lowest BCUT2D eigenvalue weighted by Gasteiger charge is -2.17. The minimum atomic E-state index is -4.62. The van der Waals surface area contributed by atoms with Crippen molar-refractivity contribution >= 4 is 15.9 Å². The normalized spacial score (nSPS) is 14.1. The highest BCUT2D eigenvalue weighted by Gasteiger charge is 2.40. The molecule has 1 rings (SSSR count). The molecule has 0 saturated carbocycles. The van der Waals surface area contributed by atoms with Gasteiger partial charge in [0, 0.05) is 4.47 Å². The van der Waals surface area contributed by atoms with Gasteiger partial charge in [0.2, 0.25) is 0 Å². The number of benzene rings is 1. The van der Waals surface area contributed by atoms with Crippen molar-refractivity contribution in [2.45, 2.75) is 19.2 Å². The van der Waals surface area contributed by atoms with Gasteiger partial charge in [-0.25, -0.2) is 0 Å². The Morgan fingerprint density at radius 3 is 2.43 bits per heavy atom. The maximum Gasteiger partial charge on any atom is 0.418 e. The number of hydrogen-bond donors (Lipinski definition) is 1. The zero-order valence-corrected chi connectivity index (χ0v) is 8.85. The van der Waals surface area contributed by atoms with Gasteiger partial charge in [0.15, 0.2) is 6.10 Å². The second kappa shape index (κ2) is 3.90. The number of hydrogen-bond acceptors (Lipinski definition) is 1. The van der Waals surface area contributed by atoms with E-state index in [9.17, 15) is 13.2 Å². The van der Waals surface area contributed by atoms with Crippen LogP contribution in [0.5, 0.6) is 0 Å². The number of aliphatic hydroxyl groups is 1. The van der Waals surface area contributed by atoms with Gasteiger partial charge in [0.25, 0.3) is 0 Å². The van der Waals surface area contributed by atoms with Crippen molar-refractivity contribution in [3.05, 3.63) is 33.8 Å². The first kappa shape index (κ1) is 11.5. The largest absolute Gasteiger partial charge is 0.418 e. The molecule has 0 unspecified atom stereocenters. The Balaban J connectivity index is 3.12. The molecule has 0 aliphatic rings. The number of halogens is 4. The minimum Gasteiger partial charge on any atom is -0.379 e. The third-order valence-corrected chi connectivity index (χ3v) is 2.34. The number of alkyl halides is 3. The zero-order valence-electron chi connectivity index (χ0n) is 7.27. The third kappa shape index (κ3) is 2.48. The van der Waals surface area contributed by atoms with Crippen LogP contribution in [-0.2, 0) is 0 Å². The lowest BCUT2D eigenvalue weighted by Crippen LogP contribution is -2.21. The lowest BCUT2D eigenvalue weighted by atomic mass is 10.0. The highest BCUT2D eigenvalue weighted by molar-refractivity contribution is 9.10. The average molecular weight is 269 g/mol. The van der Waals surface area contributed by atoms with Crippen LogP contribution in [0.4, 0.5) is 13.2 Å². The van der Waals surface area contributed by atoms with Crippen LogP contribution >= 0.6 is 15.9 Å². The molecule has 0 spiro atoms. The van der Waals surface area contributed by atoms with E-state index in [-0.39, 0.29) is 5.56 Å². The van der Waals surface area contributed by atoms with E-state index in [1.54, 1.807) is 6.07 Å². The molecule has 0 aliphatic heterocycles. The van der Waals surface area contributed by atoms with E-state index in [2.05, 4.69) is 15.9 Å². The fraction of sp³-hybridized carbons (Fsp3) is 0.333. The molecule has 1 aromatic rings. The van der Waals surface area contributed by atoms with Gasteiger partial charge in [-0.2, -0.15) is 13.2 Å². The Bertz CT molecular complexity index is 335. The van der Waals surface area contributed by atoms with Crippen LogP contribution in [0.25, 0.3) is 0 Å².